The van der Waals surface area contributed by atoms with Crippen LogP contribution in [0.25, 0.3) is 0 Å². The largest absolute Gasteiger partial charge is 0.464 e. The van der Waals surface area contributed by atoms with E-state index in [0.717, 1.165) is 12.8 Å². The zero-order valence-electron chi connectivity index (χ0n) is 9.85. The van der Waals surface area contributed by atoms with Crippen molar-refractivity contribution in [1.29, 1.82) is 0 Å². The van der Waals surface area contributed by atoms with Crippen LogP contribution in [-0.2, 0) is 0 Å². The SMILES string of the molecule is CCOc1nc(NN)nc(OC2CCCC2)n1. The van der Waals surface area contributed by atoms with Gasteiger partial charge in [0.25, 0.3) is 0 Å². The Kier molecular flexibility index (Phi) is 3.92. The summed E-state index contributed by atoms with van der Waals surface area (Å²) in [7, 11) is 0. The zero-order chi connectivity index (χ0) is 12.1. The first-order valence-corrected chi connectivity index (χ1v) is 5.84. The van der Waals surface area contributed by atoms with E-state index in [9.17, 15) is 0 Å². The molecule has 0 atom stereocenters. The van der Waals surface area contributed by atoms with Crippen molar-refractivity contribution in [3.05, 3.63) is 0 Å². The van der Waals surface area contributed by atoms with Gasteiger partial charge in [-0.25, -0.2) is 5.84 Å². The highest BCUT2D eigenvalue weighted by Crippen LogP contribution is 2.23. The molecule has 0 spiro atoms. The summed E-state index contributed by atoms with van der Waals surface area (Å²) in [5.41, 5.74) is 2.37. The van der Waals surface area contributed by atoms with Crippen LogP contribution in [0.3, 0.4) is 0 Å². The van der Waals surface area contributed by atoms with Gasteiger partial charge in [0.15, 0.2) is 0 Å². The lowest BCUT2D eigenvalue weighted by Crippen LogP contribution is -2.17. The Hall–Kier alpha value is -1.63. The Balaban J connectivity index is 2.10. The standard InChI is InChI=1S/C10H17N5O2/c1-2-16-9-12-8(15-11)13-10(14-9)17-7-5-3-4-6-7/h7H,2-6,11H2,1H3,(H,12,13,14,15). The number of aromatic nitrogens is 3. The number of anilines is 1. The molecule has 0 unspecified atom stereocenters. The van der Waals surface area contributed by atoms with Gasteiger partial charge < -0.3 is 9.47 Å². The predicted molar refractivity (Wildman–Crippen MR) is 61.7 cm³/mol. The summed E-state index contributed by atoms with van der Waals surface area (Å²) in [6.45, 7) is 2.34. The molecule has 0 aromatic carbocycles. The van der Waals surface area contributed by atoms with Gasteiger partial charge in [-0.1, -0.05) is 0 Å². The Labute approximate surface area is 99.7 Å². The van der Waals surface area contributed by atoms with E-state index in [4.69, 9.17) is 15.3 Å². The molecule has 17 heavy (non-hydrogen) atoms. The van der Waals surface area contributed by atoms with E-state index in [2.05, 4.69) is 20.4 Å². The van der Waals surface area contributed by atoms with Gasteiger partial charge >= 0.3 is 12.0 Å². The van der Waals surface area contributed by atoms with E-state index in [1.165, 1.54) is 12.8 Å². The summed E-state index contributed by atoms with van der Waals surface area (Å²) in [6.07, 6.45) is 4.66. The van der Waals surface area contributed by atoms with Gasteiger partial charge in [-0.3, -0.25) is 5.43 Å². The fraction of sp³-hybridized carbons (Fsp3) is 0.700. The van der Waals surface area contributed by atoms with Crippen LogP contribution >= 0.6 is 0 Å². The summed E-state index contributed by atoms with van der Waals surface area (Å²) >= 11 is 0. The lowest BCUT2D eigenvalue weighted by molar-refractivity contribution is 0.187. The number of hydrogen-bond acceptors (Lipinski definition) is 7. The molecule has 1 aromatic heterocycles. The van der Waals surface area contributed by atoms with E-state index in [0.29, 0.717) is 6.61 Å². The van der Waals surface area contributed by atoms with Gasteiger partial charge in [-0.15, -0.1) is 4.98 Å². The van der Waals surface area contributed by atoms with Crippen molar-refractivity contribution in [2.75, 3.05) is 12.0 Å². The van der Waals surface area contributed by atoms with Gasteiger partial charge in [0.1, 0.15) is 6.10 Å². The summed E-state index contributed by atoms with van der Waals surface area (Å²) in [4.78, 5) is 12.1. The maximum atomic E-state index is 5.67. The Morgan fingerprint density at radius 1 is 1.24 bits per heavy atom. The molecule has 0 amide bonds. The third-order valence-electron chi connectivity index (χ3n) is 2.57. The summed E-state index contributed by atoms with van der Waals surface area (Å²) in [5, 5.41) is 0. The third kappa shape index (κ3) is 3.16. The second-order valence-electron chi connectivity index (χ2n) is 3.83. The first-order chi connectivity index (χ1) is 8.31. The molecule has 1 aromatic rings. The van der Waals surface area contributed by atoms with Crippen LogP contribution in [-0.4, -0.2) is 27.7 Å². The van der Waals surface area contributed by atoms with Gasteiger partial charge in [-0.2, -0.15) is 9.97 Å². The molecule has 3 N–H and O–H groups in total. The van der Waals surface area contributed by atoms with E-state index in [1.807, 2.05) is 6.92 Å². The van der Waals surface area contributed by atoms with E-state index in [-0.39, 0.29) is 24.1 Å². The lowest BCUT2D eigenvalue weighted by atomic mass is 10.3. The number of hydrazine groups is 1. The number of hydrogen-bond donors (Lipinski definition) is 2. The van der Waals surface area contributed by atoms with Crippen molar-refractivity contribution in [2.24, 2.45) is 5.84 Å². The van der Waals surface area contributed by atoms with Crippen LogP contribution in [0.4, 0.5) is 5.95 Å². The predicted octanol–water partition coefficient (Wildman–Crippen LogP) is 0.877. The molecule has 1 aliphatic rings. The molecule has 0 radical (unpaired) electrons. The smallest absolute Gasteiger partial charge is 0.324 e. The van der Waals surface area contributed by atoms with Crippen molar-refractivity contribution in [3.8, 4) is 12.0 Å². The van der Waals surface area contributed by atoms with Gasteiger partial charge in [0.2, 0.25) is 5.95 Å². The maximum absolute atomic E-state index is 5.67. The molecule has 7 nitrogen and oxygen atoms in total. The van der Waals surface area contributed by atoms with Crippen LogP contribution in [0.15, 0.2) is 0 Å². The average Bonchev–Trinajstić information content (AvgIpc) is 2.82. The van der Waals surface area contributed by atoms with Crippen LogP contribution < -0.4 is 20.7 Å². The number of rotatable bonds is 5. The highest BCUT2D eigenvalue weighted by Gasteiger charge is 2.19. The van der Waals surface area contributed by atoms with Crippen LogP contribution in [0, 0.1) is 0 Å². The fourth-order valence-electron chi connectivity index (χ4n) is 1.80. The quantitative estimate of drug-likeness (QED) is 0.581. The molecule has 0 bridgehead atoms. The van der Waals surface area contributed by atoms with Crippen molar-refractivity contribution < 1.29 is 9.47 Å². The van der Waals surface area contributed by atoms with E-state index < -0.39 is 0 Å². The first-order valence-electron chi connectivity index (χ1n) is 5.84. The molecule has 7 heteroatoms. The van der Waals surface area contributed by atoms with Crippen molar-refractivity contribution in [2.45, 2.75) is 38.7 Å². The second kappa shape index (κ2) is 5.62. The molecule has 1 aliphatic carbocycles. The molecular formula is C10H17N5O2. The molecule has 1 heterocycles. The third-order valence-corrected chi connectivity index (χ3v) is 2.57. The van der Waals surface area contributed by atoms with Gasteiger partial charge in [-0.05, 0) is 32.6 Å². The number of nitrogens with one attached hydrogen (secondary N) is 1. The molecule has 0 aliphatic heterocycles. The first kappa shape index (κ1) is 11.8. The topological polar surface area (TPSA) is 95.2 Å². The van der Waals surface area contributed by atoms with Gasteiger partial charge in [0, 0.05) is 0 Å². The monoisotopic (exact) mass is 239 g/mol. The molecule has 1 saturated carbocycles. The molecule has 94 valence electrons. The maximum Gasteiger partial charge on any atom is 0.324 e. The molecule has 2 rings (SSSR count). The Bertz CT molecular complexity index is 368. The van der Waals surface area contributed by atoms with Crippen LogP contribution in [0.2, 0.25) is 0 Å². The van der Waals surface area contributed by atoms with Crippen LogP contribution in [0.5, 0.6) is 12.0 Å². The minimum Gasteiger partial charge on any atom is -0.464 e. The number of nitrogens with zero attached hydrogens (tertiary/aromatic N) is 3. The number of ether oxygens (including phenoxy) is 2. The average molecular weight is 239 g/mol. The number of nitrogen functional groups attached to an aromatic ring is 1. The van der Waals surface area contributed by atoms with Gasteiger partial charge in [0.05, 0.1) is 6.61 Å². The normalized spacial score (nSPS) is 15.9. The second-order valence-corrected chi connectivity index (χ2v) is 3.83. The fourth-order valence-corrected chi connectivity index (χ4v) is 1.80. The minimum atomic E-state index is 0.192. The highest BCUT2D eigenvalue weighted by atomic mass is 16.5. The highest BCUT2D eigenvalue weighted by molar-refractivity contribution is 5.25. The summed E-state index contributed by atoms with van der Waals surface area (Å²) < 4.78 is 10.9. The van der Waals surface area contributed by atoms with Crippen molar-refractivity contribution >= 4 is 5.95 Å². The minimum absolute atomic E-state index is 0.192. The molecule has 1 fully saturated rings. The van der Waals surface area contributed by atoms with Crippen molar-refractivity contribution in [3.63, 3.8) is 0 Å². The van der Waals surface area contributed by atoms with E-state index >= 15 is 0 Å². The Morgan fingerprint density at radius 3 is 2.59 bits per heavy atom. The van der Waals surface area contributed by atoms with E-state index in [1.54, 1.807) is 0 Å². The van der Waals surface area contributed by atoms with Crippen molar-refractivity contribution in [1.82, 2.24) is 15.0 Å². The summed E-state index contributed by atoms with van der Waals surface area (Å²) in [5.74, 6) is 5.52. The zero-order valence-corrected chi connectivity index (χ0v) is 9.85. The number of nitrogens with two attached hydrogens (primary N) is 1. The molecular weight excluding hydrogens is 222 g/mol. The lowest BCUT2D eigenvalue weighted by Gasteiger charge is -2.12. The Morgan fingerprint density at radius 2 is 1.94 bits per heavy atom. The molecule has 0 saturated heterocycles. The summed E-state index contributed by atoms with van der Waals surface area (Å²) in [6, 6.07) is 0.492. The van der Waals surface area contributed by atoms with Crippen LogP contribution in [0.1, 0.15) is 32.6 Å².